The number of benzene rings is 2. The third-order valence-corrected chi connectivity index (χ3v) is 6.80. The van der Waals surface area contributed by atoms with E-state index in [1.807, 2.05) is 71.8 Å². The van der Waals surface area contributed by atoms with Crippen LogP contribution in [0.5, 0.6) is 0 Å². The van der Waals surface area contributed by atoms with Gasteiger partial charge in [0.15, 0.2) is 0 Å². The van der Waals surface area contributed by atoms with Gasteiger partial charge in [0, 0.05) is 37.4 Å². The number of nitrogens with zero attached hydrogens (tertiary/aromatic N) is 3. The fourth-order valence-electron chi connectivity index (χ4n) is 3.62. The zero-order valence-electron chi connectivity index (χ0n) is 16.7. The van der Waals surface area contributed by atoms with Crippen molar-refractivity contribution in [3.05, 3.63) is 95.1 Å². The maximum atomic E-state index is 12.9. The molecule has 4 rings (SSSR count). The van der Waals surface area contributed by atoms with Crippen molar-refractivity contribution < 1.29 is 4.79 Å². The first-order valence-corrected chi connectivity index (χ1v) is 11.5. The maximum Gasteiger partial charge on any atom is 0.232 e. The van der Waals surface area contributed by atoms with Crippen molar-refractivity contribution in [2.75, 3.05) is 36.8 Å². The molecule has 0 radical (unpaired) electrons. The van der Waals surface area contributed by atoms with Crippen LogP contribution in [0.15, 0.2) is 79.0 Å². The van der Waals surface area contributed by atoms with Gasteiger partial charge in [-0.1, -0.05) is 60.1 Å². The largest absolute Gasteiger partial charge is 0.353 e. The molecule has 6 heteroatoms. The minimum Gasteiger partial charge on any atom is -0.353 e. The fourth-order valence-corrected chi connectivity index (χ4v) is 4.94. The molecule has 1 aliphatic heterocycles. The molecule has 1 saturated heterocycles. The van der Waals surface area contributed by atoms with Crippen LogP contribution < -0.4 is 4.90 Å². The maximum absolute atomic E-state index is 12.9. The van der Waals surface area contributed by atoms with Crippen molar-refractivity contribution >= 4 is 35.1 Å². The van der Waals surface area contributed by atoms with Gasteiger partial charge in [0.2, 0.25) is 5.91 Å². The van der Waals surface area contributed by atoms with Gasteiger partial charge in [0.25, 0.3) is 0 Å². The Morgan fingerprint density at radius 2 is 1.57 bits per heavy atom. The third-order valence-electron chi connectivity index (χ3n) is 5.25. The van der Waals surface area contributed by atoms with Gasteiger partial charge in [0.1, 0.15) is 5.82 Å². The second-order valence-electron chi connectivity index (χ2n) is 7.21. The third kappa shape index (κ3) is 5.15. The average Bonchev–Trinajstić information content (AvgIpc) is 2.81. The van der Waals surface area contributed by atoms with E-state index < -0.39 is 0 Å². The number of anilines is 1. The van der Waals surface area contributed by atoms with Crippen LogP contribution in [0, 0.1) is 0 Å². The molecule has 30 heavy (non-hydrogen) atoms. The minimum atomic E-state index is 0.0993. The van der Waals surface area contributed by atoms with Crippen LogP contribution in [0.2, 0.25) is 5.02 Å². The summed E-state index contributed by atoms with van der Waals surface area (Å²) in [5.41, 5.74) is 2.35. The Balaban J connectivity index is 1.38. The summed E-state index contributed by atoms with van der Waals surface area (Å²) >= 11 is 7.74. The van der Waals surface area contributed by atoms with Crippen molar-refractivity contribution in [1.82, 2.24) is 9.88 Å². The van der Waals surface area contributed by atoms with Crippen LogP contribution in [0.25, 0.3) is 0 Å². The normalized spacial score (nSPS) is 15.1. The summed E-state index contributed by atoms with van der Waals surface area (Å²) in [6.07, 6.45) is 1.81. The molecule has 0 saturated carbocycles. The number of amides is 1. The summed E-state index contributed by atoms with van der Waals surface area (Å²) in [5.74, 6) is 1.62. The minimum absolute atomic E-state index is 0.0993. The van der Waals surface area contributed by atoms with E-state index in [1.165, 1.54) is 5.56 Å². The number of pyridine rings is 1. The van der Waals surface area contributed by atoms with E-state index in [1.54, 1.807) is 11.8 Å². The molecule has 154 valence electrons. The van der Waals surface area contributed by atoms with Gasteiger partial charge in [-0.25, -0.2) is 4.98 Å². The number of aromatic nitrogens is 1. The summed E-state index contributed by atoms with van der Waals surface area (Å²) in [6.45, 7) is 3.08. The van der Waals surface area contributed by atoms with Crippen molar-refractivity contribution in [2.45, 2.75) is 5.25 Å². The van der Waals surface area contributed by atoms with E-state index >= 15 is 0 Å². The van der Waals surface area contributed by atoms with E-state index in [0.29, 0.717) is 5.75 Å². The highest BCUT2D eigenvalue weighted by molar-refractivity contribution is 8.00. The molecule has 1 aromatic heterocycles. The molecule has 2 aromatic carbocycles. The lowest BCUT2D eigenvalue weighted by atomic mass is 10.0. The summed E-state index contributed by atoms with van der Waals surface area (Å²) in [4.78, 5) is 21.5. The summed E-state index contributed by atoms with van der Waals surface area (Å²) < 4.78 is 0. The Labute approximate surface area is 186 Å². The number of halogens is 1. The van der Waals surface area contributed by atoms with Gasteiger partial charge in [-0.05, 0) is 35.4 Å². The fraction of sp³-hybridized carbons (Fsp3) is 0.250. The number of thioether (sulfide) groups is 1. The molecule has 0 spiro atoms. The van der Waals surface area contributed by atoms with Crippen molar-refractivity contribution in [3.63, 3.8) is 0 Å². The molecule has 1 fully saturated rings. The molecule has 1 amide bonds. The Hall–Kier alpha value is -2.50. The number of hydrogen-bond acceptors (Lipinski definition) is 4. The summed E-state index contributed by atoms with van der Waals surface area (Å²) in [7, 11) is 0. The highest BCUT2D eigenvalue weighted by atomic mass is 35.5. The molecule has 3 aromatic rings. The Morgan fingerprint density at radius 3 is 2.23 bits per heavy atom. The monoisotopic (exact) mass is 437 g/mol. The van der Waals surface area contributed by atoms with Gasteiger partial charge in [-0.3, -0.25) is 4.79 Å². The lowest BCUT2D eigenvalue weighted by molar-refractivity contribution is -0.128. The highest BCUT2D eigenvalue weighted by Gasteiger charge is 2.23. The predicted octanol–water partition coefficient (Wildman–Crippen LogP) is 4.91. The lowest BCUT2D eigenvalue weighted by Crippen LogP contribution is -2.49. The van der Waals surface area contributed by atoms with Gasteiger partial charge >= 0.3 is 0 Å². The van der Waals surface area contributed by atoms with Gasteiger partial charge in [-0.2, -0.15) is 0 Å². The van der Waals surface area contributed by atoms with E-state index in [9.17, 15) is 4.79 Å². The first-order valence-electron chi connectivity index (χ1n) is 10.1. The first-order chi connectivity index (χ1) is 14.7. The summed E-state index contributed by atoms with van der Waals surface area (Å²) in [6, 6.07) is 24.2. The molecule has 1 unspecified atom stereocenters. The number of rotatable bonds is 6. The zero-order chi connectivity index (χ0) is 20.8. The van der Waals surface area contributed by atoms with Crippen LogP contribution in [0.4, 0.5) is 5.82 Å². The smallest absolute Gasteiger partial charge is 0.232 e. The second-order valence-corrected chi connectivity index (χ2v) is 8.74. The van der Waals surface area contributed by atoms with Crippen molar-refractivity contribution in [2.24, 2.45) is 0 Å². The van der Waals surface area contributed by atoms with Crippen molar-refractivity contribution in [1.29, 1.82) is 0 Å². The predicted molar refractivity (Wildman–Crippen MR) is 125 cm³/mol. The quantitative estimate of drug-likeness (QED) is 0.549. The first kappa shape index (κ1) is 20.8. The second kappa shape index (κ2) is 10.0. The molecule has 1 aliphatic rings. The number of carbonyl (C=O) groups is 1. The van der Waals surface area contributed by atoms with E-state index in [4.69, 9.17) is 11.6 Å². The Kier molecular flexibility index (Phi) is 6.92. The highest BCUT2D eigenvalue weighted by Crippen LogP contribution is 2.36. The molecular formula is C24H24ClN3OS. The molecule has 2 heterocycles. The van der Waals surface area contributed by atoms with E-state index in [0.717, 1.165) is 42.6 Å². The van der Waals surface area contributed by atoms with Crippen LogP contribution in [0.3, 0.4) is 0 Å². The molecule has 1 atom stereocenters. The molecular weight excluding hydrogens is 414 g/mol. The number of hydrogen-bond donors (Lipinski definition) is 0. The van der Waals surface area contributed by atoms with Crippen LogP contribution in [-0.4, -0.2) is 47.7 Å². The average molecular weight is 438 g/mol. The Bertz CT molecular complexity index is 945. The van der Waals surface area contributed by atoms with Crippen LogP contribution >= 0.6 is 23.4 Å². The van der Waals surface area contributed by atoms with Crippen molar-refractivity contribution in [3.8, 4) is 0 Å². The molecule has 0 N–H and O–H groups in total. The van der Waals surface area contributed by atoms with Crippen LogP contribution in [0.1, 0.15) is 16.4 Å². The van der Waals surface area contributed by atoms with Gasteiger partial charge in [0.05, 0.1) is 11.0 Å². The standard InChI is InChI=1S/C24H24ClN3OS/c25-21-11-9-20(10-12-21)24(19-6-2-1-3-7-19)30-18-23(29)28-16-14-27(15-17-28)22-8-4-5-13-26-22/h1-13,24H,14-18H2. The number of carbonyl (C=O) groups excluding carboxylic acids is 1. The topological polar surface area (TPSA) is 36.4 Å². The molecule has 0 bridgehead atoms. The van der Waals surface area contributed by atoms with Gasteiger partial charge in [-0.15, -0.1) is 11.8 Å². The van der Waals surface area contributed by atoms with E-state index in [-0.39, 0.29) is 11.2 Å². The molecule has 4 nitrogen and oxygen atoms in total. The van der Waals surface area contributed by atoms with Crippen LogP contribution in [-0.2, 0) is 4.79 Å². The molecule has 0 aliphatic carbocycles. The van der Waals surface area contributed by atoms with E-state index in [2.05, 4.69) is 22.0 Å². The van der Waals surface area contributed by atoms with Gasteiger partial charge < -0.3 is 9.80 Å². The Morgan fingerprint density at radius 1 is 0.900 bits per heavy atom. The number of piperazine rings is 1. The lowest BCUT2D eigenvalue weighted by Gasteiger charge is -2.35. The summed E-state index contributed by atoms with van der Waals surface area (Å²) in [5, 5.41) is 0.819. The zero-order valence-corrected chi connectivity index (χ0v) is 18.2. The SMILES string of the molecule is O=C(CSC(c1ccccc1)c1ccc(Cl)cc1)N1CCN(c2ccccn2)CC1.